The molecular formula is C12H10F2N2O3. The Morgan fingerprint density at radius 3 is 2.63 bits per heavy atom. The molecular weight excluding hydrogens is 258 g/mol. The first-order valence-corrected chi connectivity index (χ1v) is 5.32. The third kappa shape index (κ3) is 3.74. The standard InChI is InChI=1S/C12H10F2N2O3/c1-2-3-4-5-15-12(17)8-6-9(13)10(14)7-11(8)16(18)19/h1,6-7H,3-5H2,(H,15,17). The highest BCUT2D eigenvalue weighted by Gasteiger charge is 2.23. The molecule has 100 valence electrons. The van der Waals surface area contributed by atoms with Gasteiger partial charge in [-0.05, 0) is 12.5 Å². The average Bonchev–Trinajstić information content (AvgIpc) is 2.36. The molecule has 7 heteroatoms. The summed E-state index contributed by atoms with van der Waals surface area (Å²) in [6, 6.07) is 0.885. The maximum Gasteiger partial charge on any atom is 0.285 e. The van der Waals surface area contributed by atoms with Gasteiger partial charge >= 0.3 is 0 Å². The zero-order valence-corrected chi connectivity index (χ0v) is 9.78. The molecule has 0 aliphatic rings. The van der Waals surface area contributed by atoms with Gasteiger partial charge in [-0.2, -0.15) is 0 Å². The van der Waals surface area contributed by atoms with Gasteiger partial charge in [0.1, 0.15) is 5.56 Å². The Labute approximate surface area is 107 Å². The molecule has 0 atom stereocenters. The molecule has 1 amide bonds. The quantitative estimate of drug-likeness (QED) is 0.384. The van der Waals surface area contributed by atoms with E-state index in [1.165, 1.54) is 0 Å². The number of nitrogens with zero attached hydrogens (tertiary/aromatic N) is 1. The maximum absolute atomic E-state index is 13.0. The number of nitro benzene ring substituents is 1. The minimum absolute atomic E-state index is 0.194. The largest absolute Gasteiger partial charge is 0.352 e. The third-order valence-electron chi connectivity index (χ3n) is 2.26. The van der Waals surface area contributed by atoms with Gasteiger partial charge < -0.3 is 5.32 Å². The SMILES string of the molecule is C#CCCCNC(=O)c1cc(F)c(F)cc1[N+](=O)[O-]. The normalized spacial score (nSPS) is 9.74. The molecule has 0 saturated heterocycles. The molecule has 0 unspecified atom stereocenters. The minimum Gasteiger partial charge on any atom is -0.352 e. The van der Waals surface area contributed by atoms with Crippen LogP contribution in [0.5, 0.6) is 0 Å². The summed E-state index contributed by atoms with van der Waals surface area (Å²) in [5, 5.41) is 13.0. The molecule has 1 aromatic rings. The molecule has 0 fully saturated rings. The van der Waals surface area contributed by atoms with E-state index in [0.29, 0.717) is 25.0 Å². The van der Waals surface area contributed by atoms with E-state index in [2.05, 4.69) is 11.2 Å². The summed E-state index contributed by atoms with van der Waals surface area (Å²) in [7, 11) is 0. The van der Waals surface area contributed by atoms with Gasteiger partial charge in [0.25, 0.3) is 11.6 Å². The lowest BCUT2D eigenvalue weighted by Crippen LogP contribution is -2.25. The van der Waals surface area contributed by atoms with Crippen molar-refractivity contribution < 1.29 is 18.5 Å². The highest BCUT2D eigenvalue weighted by Crippen LogP contribution is 2.22. The highest BCUT2D eigenvalue weighted by atomic mass is 19.2. The summed E-state index contributed by atoms with van der Waals surface area (Å²) in [6.45, 7) is 0.194. The zero-order chi connectivity index (χ0) is 14.4. The van der Waals surface area contributed by atoms with Gasteiger partial charge in [-0.15, -0.1) is 12.3 Å². The van der Waals surface area contributed by atoms with Crippen LogP contribution in [0.25, 0.3) is 0 Å². The fourth-order valence-corrected chi connectivity index (χ4v) is 1.36. The fraction of sp³-hybridized carbons (Fsp3) is 0.250. The first-order chi connectivity index (χ1) is 8.97. The van der Waals surface area contributed by atoms with Crippen molar-refractivity contribution in [3.05, 3.63) is 39.4 Å². The summed E-state index contributed by atoms with van der Waals surface area (Å²) >= 11 is 0. The van der Waals surface area contributed by atoms with Crippen LogP contribution < -0.4 is 5.32 Å². The van der Waals surface area contributed by atoms with Crippen LogP contribution in [0.1, 0.15) is 23.2 Å². The monoisotopic (exact) mass is 268 g/mol. The van der Waals surface area contributed by atoms with Gasteiger partial charge in [0.05, 0.1) is 11.0 Å². The Hall–Kier alpha value is -2.49. The van der Waals surface area contributed by atoms with E-state index in [9.17, 15) is 23.7 Å². The number of amides is 1. The molecule has 0 aliphatic carbocycles. The molecule has 1 N–H and O–H groups in total. The number of carbonyl (C=O) groups excluding carboxylic acids is 1. The zero-order valence-electron chi connectivity index (χ0n) is 9.78. The van der Waals surface area contributed by atoms with Crippen molar-refractivity contribution in [2.45, 2.75) is 12.8 Å². The molecule has 1 aromatic carbocycles. The Kier molecular flexibility index (Phi) is 4.94. The predicted molar refractivity (Wildman–Crippen MR) is 63.4 cm³/mol. The second-order valence-corrected chi connectivity index (χ2v) is 3.60. The molecule has 5 nitrogen and oxygen atoms in total. The number of hydrogen-bond acceptors (Lipinski definition) is 3. The smallest absolute Gasteiger partial charge is 0.285 e. The van der Waals surface area contributed by atoms with Crippen molar-refractivity contribution >= 4 is 11.6 Å². The van der Waals surface area contributed by atoms with Crippen molar-refractivity contribution in [1.29, 1.82) is 0 Å². The van der Waals surface area contributed by atoms with Crippen LogP contribution in [-0.4, -0.2) is 17.4 Å². The van der Waals surface area contributed by atoms with E-state index in [1.54, 1.807) is 0 Å². The molecule has 0 bridgehead atoms. The highest BCUT2D eigenvalue weighted by molar-refractivity contribution is 5.98. The summed E-state index contributed by atoms with van der Waals surface area (Å²) in [5.74, 6) is -1.19. The molecule has 0 saturated carbocycles. The van der Waals surface area contributed by atoms with Gasteiger partial charge in [-0.25, -0.2) is 8.78 Å². The Bertz CT molecular complexity index is 553. The second-order valence-electron chi connectivity index (χ2n) is 3.60. The first-order valence-electron chi connectivity index (χ1n) is 5.32. The van der Waals surface area contributed by atoms with Gasteiger partial charge in [0.2, 0.25) is 0 Å². The van der Waals surface area contributed by atoms with Gasteiger partial charge in [-0.3, -0.25) is 14.9 Å². The Balaban J connectivity index is 2.92. The molecule has 0 aromatic heterocycles. The van der Waals surface area contributed by atoms with Crippen molar-refractivity contribution in [2.24, 2.45) is 0 Å². The first kappa shape index (κ1) is 14.6. The van der Waals surface area contributed by atoms with Crippen LogP contribution in [0.2, 0.25) is 0 Å². The van der Waals surface area contributed by atoms with E-state index >= 15 is 0 Å². The van der Waals surface area contributed by atoms with Crippen LogP contribution in [0.4, 0.5) is 14.5 Å². The molecule has 0 radical (unpaired) electrons. The van der Waals surface area contributed by atoms with E-state index in [1.807, 2.05) is 0 Å². The molecule has 19 heavy (non-hydrogen) atoms. The second kappa shape index (κ2) is 6.44. The van der Waals surface area contributed by atoms with Gasteiger partial charge in [0.15, 0.2) is 11.6 Å². The van der Waals surface area contributed by atoms with Crippen molar-refractivity contribution in [3.8, 4) is 12.3 Å². The third-order valence-corrected chi connectivity index (χ3v) is 2.26. The van der Waals surface area contributed by atoms with E-state index in [0.717, 1.165) is 0 Å². The van der Waals surface area contributed by atoms with Crippen molar-refractivity contribution in [3.63, 3.8) is 0 Å². The number of unbranched alkanes of at least 4 members (excludes halogenated alkanes) is 1. The number of carbonyl (C=O) groups is 1. The van der Waals surface area contributed by atoms with Crippen LogP contribution in [-0.2, 0) is 0 Å². The molecule has 0 heterocycles. The molecule has 0 aliphatic heterocycles. The van der Waals surface area contributed by atoms with Crippen LogP contribution in [0.3, 0.4) is 0 Å². The summed E-state index contributed by atoms with van der Waals surface area (Å²) in [6.07, 6.45) is 5.93. The lowest BCUT2D eigenvalue weighted by atomic mass is 10.1. The predicted octanol–water partition coefficient (Wildman–Crippen LogP) is 2.02. The van der Waals surface area contributed by atoms with Crippen molar-refractivity contribution in [1.82, 2.24) is 5.32 Å². The van der Waals surface area contributed by atoms with Gasteiger partial charge in [0, 0.05) is 13.0 Å². The Morgan fingerprint density at radius 2 is 2.05 bits per heavy atom. The van der Waals surface area contributed by atoms with Crippen LogP contribution >= 0.6 is 0 Å². The lowest BCUT2D eigenvalue weighted by molar-refractivity contribution is -0.385. The molecule has 1 rings (SSSR count). The average molecular weight is 268 g/mol. The van der Waals surface area contributed by atoms with Crippen molar-refractivity contribution in [2.75, 3.05) is 6.54 Å². The maximum atomic E-state index is 13.0. The van der Waals surface area contributed by atoms with Gasteiger partial charge in [-0.1, -0.05) is 0 Å². The number of halogens is 2. The number of terminal acetylenes is 1. The van der Waals surface area contributed by atoms with E-state index in [-0.39, 0.29) is 6.54 Å². The topological polar surface area (TPSA) is 72.2 Å². The number of hydrogen-bond donors (Lipinski definition) is 1. The van der Waals surface area contributed by atoms with Crippen LogP contribution in [0.15, 0.2) is 12.1 Å². The Morgan fingerprint density at radius 1 is 1.42 bits per heavy atom. The number of rotatable bonds is 5. The number of nitrogens with one attached hydrogen (secondary N) is 1. The number of nitro groups is 1. The summed E-state index contributed by atoms with van der Waals surface area (Å²) < 4.78 is 25.9. The lowest BCUT2D eigenvalue weighted by Gasteiger charge is -2.05. The van der Waals surface area contributed by atoms with E-state index in [4.69, 9.17) is 6.42 Å². The van der Waals surface area contributed by atoms with E-state index < -0.39 is 33.7 Å². The summed E-state index contributed by atoms with van der Waals surface area (Å²) in [4.78, 5) is 21.4. The molecule has 0 spiro atoms. The fourth-order valence-electron chi connectivity index (χ4n) is 1.36. The minimum atomic E-state index is -1.38. The summed E-state index contributed by atoms with van der Waals surface area (Å²) in [5.41, 5.74) is -1.31. The van der Waals surface area contributed by atoms with Crippen LogP contribution in [0, 0.1) is 34.1 Å². The number of benzene rings is 1.